The van der Waals surface area contributed by atoms with Gasteiger partial charge in [0.25, 0.3) is 0 Å². The van der Waals surface area contributed by atoms with Gasteiger partial charge in [0, 0.05) is 19.1 Å². The molecule has 1 aromatic rings. The van der Waals surface area contributed by atoms with Gasteiger partial charge in [-0.25, -0.2) is 13.1 Å². The molecule has 1 aliphatic carbocycles. The van der Waals surface area contributed by atoms with Gasteiger partial charge in [-0.05, 0) is 31.4 Å². The number of β-amino-alcohol motifs (C(OH)–C–C–N with tert-alkyl or cyclic N) is 1. The molecule has 0 amide bonds. The van der Waals surface area contributed by atoms with Crippen LogP contribution in [0, 0.1) is 0 Å². The normalized spacial score (nSPS) is 23.8. The molecule has 2 aliphatic rings. The topological polar surface area (TPSA) is 69.6 Å². The number of benzene rings is 1. The number of nitrogens with zero attached hydrogens (tertiary/aromatic N) is 1. The van der Waals surface area contributed by atoms with Gasteiger partial charge >= 0.3 is 0 Å². The van der Waals surface area contributed by atoms with Crippen LogP contribution in [0.1, 0.15) is 19.3 Å². The minimum absolute atomic E-state index is 0.0993. The molecule has 104 valence electrons. The molecule has 0 bridgehead atoms. The predicted octanol–water partition coefficient (Wildman–Crippen LogP) is 0.698. The van der Waals surface area contributed by atoms with E-state index in [0.29, 0.717) is 30.1 Å². The Hall–Kier alpha value is -1.11. The van der Waals surface area contributed by atoms with Crippen molar-refractivity contribution in [1.82, 2.24) is 4.72 Å². The van der Waals surface area contributed by atoms with Crippen molar-refractivity contribution in [3.8, 4) is 0 Å². The van der Waals surface area contributed by atoms with Gasteiger partial charge in [-0.15, -0.1) is 0 Å². The number of para-hydroxylation sites is 1. The lowest BCUT2D eigenvalue weighted by Crippen LogP contribution is -2.29. The Balaban J connectivity index is 1.92. The third-order valence-electron chi connectivity index (χ3n) is 3.56. The summed E-state index contributed by atoms with van der Waals surface area (Å²) in [4.78, 5) is 2.25. The highest BCUT2D eigenvalue weighted by Gasteiger charge is 2.31. The summed E-state index contributed by atoms with van der Waals surface area (Å²) in [5.74, 6) is 0. The van der Waals surface area contributed by atoms with E-state index in [9.17, 15) is 13.5 Å². The number of nitrogens with one attached hydrogen (secondary N) is 1. The monoisotopic (exact) mass is 282 g/mol. The fraction of sp³-hybridized carbons (Fsp3) is 0.538. The van der Waals surface area contributed by atoms with Gasteiger partial charge in [-0.2, -0.15) is 0 Å². The lowest BCUT2D eigenvalue weighted by atomic mass is 10.3. The van der Waals surface area contributed by atoms with Gasteiger partial charge in [0.1, 0.15) is 4.90 Å². The first-order valence-corrected chi connectivity index (χ1v) is 8.09. The smallest absolute Gasteiger partial charge is 0.242 e. The van der Waals surface area contributed by atoms with Crippen LogP contribution in [0.2, 0.25) is 0 Å². The van der Waals surface area contributed by atoms with Crippen LogP contribution < -0.4 is 9.62 Å². The summed E-state index contributed by atoms with van der Waals surface area (Å²) in [5.41, 5.74) is 0.687. The molecule has 3 rings (SSSR count). The summed E-state index contributed by atoms with van der Waals surface area (Å²) < 4.78 is 27.4. The second-order valence-corrected chi connectivity index (χ2v) is 6.93. The van der Waals surface area contributed by atoms with E-state index in [2.05, 4.69) is 4.72 Å². The Labute approximate surface area is 113 Å². The van der Waals surface area contributed by atoms with E-state index in [1.165, 1.54) is 0 Å². The number of sulfonamides is 1. The SMILES string of the molecule is O=S(=O)(NC1CC1)c1ccccc1N1CCC(O)C1. The lowest BCUT2D eigenvalue weighted by Gasteiger charge is -2.21. The van der Waals surface area contributed by atoms with Gasteiger partial charge in [-0.1, -0.05) is 12.1 Å². The zero-order valence-electron chi connectivity index (χ0n) is 10.6. The Kier molecular flexibility index (Phi) is 3.24. The van der Waals surface area contributed by atoms with Crippen molar-refractivity contribution in [3.63, 3.8) is 0 Å². The van der Waals surface area contributed by atoms with Gasteiger partial charge in [0.15, 0.2) is 0 Å². The summed E-state index contributed by atoms with van der Waals surface area (Å²) in [6.07, 6.45) is 2.16. The molecular formula is C13H18N2O3S. The molecule has 1 atom stereocenters. The van der Waals surface area contributed by atoms with Gasteiger partial charge in [0.2, 0.25) is 10.0 Å². The number of rotatable bonds is 4. The first kappa shape index (κ1) is 12.9. The molecule has 1 aliphatic heterocycles. The third kappa shape index (κ3) is 2.75. The highest BCUT2D eigenvalue weighted by atomic mass is 32.2. The van der Waals surface area contributed by atoms with Crippen LogP contribution in [0.15, 0.2) is 29.2 Å². The highest BCUT2D eigenvalue weighted by Crippen LogP contribution is 2.30. The van der Waals surface area contributed by atoms with Crippen molar-refractivity contribution in [2.24, 2.45) is 0 Å². The highest BCUT2D eigenvalue weighted by molar-refractivity contribution is 7.89. The quantitative estimate of drug-likeness (QED) is 0.853. The number of hydrogen-bond acceptors (Lipinski definition) is 4. The summed E-state index contributed by atoms with van der Waals surface area (Å²) >= 11 is 0. The maximum absolute atomic E-state index is 12.3. The fourth-order valence-corrected chi connectivity index (χ4v) is 3.92. The standard InChI is InChI=1S/C13H18N2O3S/c16-11-7-8-15(9-11)12-3-1-2-4-13(12)19(17,18)14-10-5-6-10/h1-4,10-11,14,16H,5-9H2. The van der Waals surface area contributed by atoms with E-state index < -0.39 is 10.0 Å². The number of anilines is 1. The predicted molar refractivity (Wildman–Crippen MR) is 72.6 cm³/mol. The average molecular weight is 282 g/mol. The molecule has 1 aromatic carbocycles. The summed E-state index contributed by atoms with van der Waals surface area (Å²) in [7, 11) is -3.46. The van der Waals surface area contributed by atoms with E-state index >= 15 is 0 Å². The first-order valence-electron chi connectivity index (χ1n) is 6.60. The van der Waals surface area contributed by atoms with Crippen molar-refractivity contribution in [3.05, 3.63) is 24.3 Å². The molecule has 5 nitrogen and oxygen atoms in total. The Morgan fingerprint density at radius 1 is 1.21 bits per heavy atom. The third-order valence-corrected chi connectivity index (χ3v) is 5.13. The second kappa shape index (κ2) is 4.77. The molecule has 1 heterocycles. The summed E-state index contributed by atoms with van der Waals surface area (Å²) in [6, 6.07) is 7.10. The van der Waals surface area contributed by atoms with E-state index in [4.69, 9.17) is 0 Å². The van der Waals surface area contributed by atoms with Gasteiger partial charge in [0.05, 0.1) is 11.8 Å². The van der Waals surface area contributed by atoms with E-state index in [1.54, 1.807) is 18.2 Å². The number of hydrogen-bond donors (Lipinski definition) is 2. The summed E-state index contributed by atoms with van der Waals surface area (Å²) in [6.45, 7) is 1.19. The van der Waals surface area contributed by atoms with Crippen LogP contribution in [-0.4, -0.2) is 38.8 Å². The number of aliphatic hydroxyl groups excluding tert-OH is 1. The van der Waals surface area contributed by atoms with Crippen molar-refractivity contribution >= 4 is 15.7 Å². The second-order valence-electron chi connectivity index (χ2n) is 5.25. The molecule has 0 spiro atoms. The van der Waals surface area contributed by atoms with Crippen LogP contribution in [0.4, 0.5) is 5.69 Å². The maximum atomic E-state index is 12.3. The van der Waals surface area contributed by atoms with Gasteiger partial charge < -0.3 is 10.0 Å². The van der Waals surface area contributed by atoms with Crippen LogP contribution >= 0.6 is 0 Å². The first-order chi connectivity index (χ1) is 9.06. The van der Waals surface area contributed by atoms with Gasteiger partial charge in [-0.3, -0.25) is 0 Å². The molecule has 0 radical (unpaired) electrons. The van der Waals surface area contributed by atoms with Crippen molar-refractivity contribution in [2.75, 3.05) is 18.0 Å². The summed E-state index contributed by atoms with van der Waals surface area (Å²) in [5, 5.41) is 9.60. The molecular weight excluding hydrogens is 264 g/mol. The average Bonchev–Trinajstić information content (AvgIpc) is 3.07. The largest absolute Gasteiger partial charge is 0.391 e. The Morgan fingerprint density at radius 3 is 2.58 bits per heavy atom. The minimum Gasteiger partial charge on any atom is -0.391 e. The molecule has 2 fully saturated rings. The lowest BCUT2D eigenvalue weighted by molar-refractivity contribution is 0.198. The van der Waals surface area contributed by atoms with Crippen molar-refractivity contribution in [1.29, 1.82) is 0 Å². The molecule has 1 saturated heterocycles. The molecule has 19 heavy (non-hydrogen) atoms. The molecule has 1 unspecified atom stereocenters. The molecule has 0 aromatic heterocycles. The van der Waals surface area contributed by atoms with Crippen LogP contribution in [-0.2, 0) is 10.0 Å². The Bertz CT molecular complexity index is 569. The van der Waals surface area contributed by atoms with Crippen molar-refractivity contribution < 1.29 is 13.5 Å². The van der Waals surface area contributed by atoms with Crippen LogP contribution in [0.5, 0.6) is 0 Å². The zero-order valence-corrected chi connectivity index (χ0v) is 11.4. The Morgan fingerprint density at radius 2 is 1.95 bits per heavy atom. The molecule has 6 heteroatoms. The zero-order chi connectivity index (χ0) is 13.5. The number of aliphatic hydroxyl groups is 1. The minimum atomic E-state index is -3.46. The van der Waals surface area contributed by atoms with Crippen LogP contribution in [0.25, 0.3) is 0 Å². The van der Waals surface area contributed by atoms with E-state index in [1.807, 2.05) is 11.0 Å². The fourth-order valence-electron chi connectivity index (χ4n) is 2.39. The van der Waals surface area contributed by atoms with Crippen LogP contribution in [0.3, 0.4) is 0 Å². The molecule has 2 N–H and O–H groups in total. The van der Waals surface area contributed by atoms with Crippen molar-refractivity contribution in [2.45, 2.75) is 36.3 Å². The molecule has 1 saturated carbocycles. The van der Waals surface area contributed by atoms with E-state index in [-0.39, 0.29) is 12.1 Å². The van der Waals surface area contributed by atoms with E-state index in [0.717, 1.165) is 12.8 Å². The maximum Gasteiger partial charge on any atom is 0.242 e.